The van der Waals surface area contributed by atoms with Gasteiger partial charge in [0.15, 0.2) is 0 Å². The van der Waals surface area contributed by atoms with Gasteiger partial charge in [0.05, 0.1) is 8.07 Å². The topological polar surface area (TPSA) is 17.1 Å². The molecule has 1 fully saturated rings. The van der Waals surface area contributed by atoms with Crippen LogP contribution in [0.5, 0.6) is 0 Å². The quantitative estimate of drug-likeness (QED) is 0.435. The van der Waals surface area contributed by atoms with E-state index in [1.165, 1.54) is 24.1 Å². The Morgan fingerprint density at radius 2 is 1.88 bits per heavy atom. The first-order valence-electron chi connectivity index (χ1n) is 6.39. The van der Waals surface area contributed by atoms with Crippen molar-refractivity contribution in [2.24, 2.45) is 0 Å². The molecule has 1 aromatic carbocycles. The molecule has 1 aliphatic rings. The molecular weight excluding hydrogens is 224 g/mol. The molecule has 0 aliphatic carbocycles. The second kappa shape index (κ2) is 5.01. The predicted molar refractivity (Wildman–Crippen MR) is 75.6 cm³/mol. The van der Waals surface area contributed by atoms with Crippen molar-refractivity contribution in [1.82, 2.24) is 0 Å². The third-order valence-electron chi connectivity index (χ3n) is 3.82. The van der Waals surface area contributed by atoms with Gasteiger partial charge in [0.1, 0.15) is 6.29 Å². The van der Waals surface area contributed by atoms with Crippen LogP contribution in [-0.2, 0) is 4.79 Å². The summed E-state index contributed by atoms with van der Waals surface area (Å²) in [6.07, 6.45) is 4.78. The number of hydrogen-bond donors (Lipinski definition) is 0. The zero-order valence-corrected chi connectivity index (χ0v) is 11.7. The fourth-order valence-electron chi connectivity index (χ4n) is 2.79. The van der Waals surface area contributed by atoms with Crippen molar-refractivity contribution in [2.45, 2.75) is 38.4 Å². The molecular formula is C15H20OSi. The van der Waals surface area contributed by atoms with E-state index in [-0.39, 0.29) is 0 Å². The lowest BCUT2D eigenvalue weighted by molar-refractivity contribution is -0.103. The third-order valence-corrected chi connectivity index (χ3v) is 7.58. The Kier molecular flexibility index (Phi) is 3.62. The molecule has 0 spiro atoms. The Morgan fingerprint density at radius 1 is 1.18 bits per heavy atom. The van der Waals surface area contributed by atoms with Gasteiger partial charge in [-0.1, -0.05) is 67.5 Å². The van der Waals surface area contributed by atoms with Crippen molar-refractivity contribution in [3.8, 4) is 0 Å². The van der Waals surface area contributed by atoms with Gasteiger partial charge in [-0.05, 0) is 12.0 Å². The van der Waals surface area contributed by atoms with Crippen molar-refractivity contribution >= 4 is 19.9 Å². The van der Waals surface area contributed by atoms with Crippen LogP contribution >= 0.6 is 0 Å². The Balaban J connectivity index is 2.49. The summed E-state index contributed by atoms with van der Waals surface area (Å²) in [5.41, 5.74) is 2.07. The van der Waals surface area contributed by atoms with Crippen LogP contribution in [0.4, 0.5) is 0 Å². The zero-order chi connectivity index (χ0) is 12.3. The second-order valence-corrected chi connectivity index (χ2v) is 10.3. The molecule has 2 rings (SSSR count). The van der Waals surface area contributed by atoms with Crippen molar-refractivity contribution in [3.05, 3.63) is 41.1 Å². The van der Waals surface area contributed by atoms with Crippen LogP contribution in [0.25, 0.3) is 5.57 Å². The van der Waals surface area contributed by atoms with E-state index in [0.717, 1.165) is 23.8 Å². The number of carbonyl (C=O) groups is 1. The van der Waals surface area contributed by atoms with Gasteiger partial charge in [-0.15, -0.1) is 0 Å². The largest absolute Gasteiger partial charge is 0.298 e. The smallest absolute Gasteiger partial charge is 0.150 e. The minimum atomic E-state index is -1.34. The first-order valence-corrected chi connectivity index (χ1v) is 9.60. The van der Waals surface area contributed by atoms with E-state index in [0.29, 0.717) is 0 Å². The normalized spacial score (nSPS) is 22.0. The van der Waals surface area contributed by atoms with Crippen molar-refractivity contribution in [2.75, 3.05) is 0 Å². The summed E-state index contributed by atoms with van der Waals surface area (Å²) in [6.45, 7) is 4.79. The van der Waals surface area contributed by atoms with Gasteiger partial charge in [-0.25, -0.2) is 0 Å². The van der Waals surface area contributed by atoms with Crippen LogP contribution in [-0.4, -0.2) is 14.4 Å². The van der Waals surface area contributed by atoms with Crippen LogP contribution in [0.2, 0.25) is 19.1 Å². The molecule has 1 heterocycles. The van der Waals surface area contributed by atoms with Gasteiger partial charge in [0.2, 0.25) is 0 Å². The molecule has 1 aliphatic heterocycles. The fourth-order valence-corrected chi connectivity index (χ4v) is 6.01. The van der Waals surface area contributed by atoms with Crippen LogP contribution < -0.4 is 0 Å². The third kappa shape index (κ3) is 2.58. The highest BCUT2D eigenvalue weighted by atomic mass is 28.3. The maximum Gasteiger partial charge on any atom is 0.150 e. The van der Waals surface area contributed by atoms with Crippen LogP contribution in [0.1, 0.15) is 24.8 Å². The number of carbonyl (C=O) groups excluding carboxylic acids is 1. The Morgan fingerprint density at radius 3 is 2.47 bits per heavy atom. The molecule has 1 nitrogen and oxygen atoms in total. The van der Waals surface area contributed by atoms with Gasteiger partial charge in [0.25, 0.3) is 0 Å². The van der Waals surface area contributed by atoms with Gasteiger partial charge < -0.3 is 0 Å². The summed E-state index contributed by atoms with van der Waals surface area (Å²) in [5.74, 6) is 0. The van der Waals surface area contributed by atoms with E-state index in [1.807, 2.05) is 18.2 Å². The van der Waals surface area contributed by atoms with Gasteiger partial charge in [-0.3, -0.25) is 4.79 Å². The molecule has 1 saturated heterocycles. The average molecular weight is 244 g/mol. The van der Waals surface area contributed by atoms with E-state index in [1.54, 1.807) is 0 Å². The fraction of sp³-hybridized carbons (Fsp3) is 0.400. The standard InChI is InChI=1S/C15H20OSi/c1-17(2)11-7-6-10-15(17)14(12-16)13-8-4-3-5-9-13/h3-5,8-9,12H,6-7,10-11H2,1-2H3/b15-14+. The number of hydrogen-bond acceptors (Lipinski definition) is 1. The average Bonchev–Trinajstić information content (AvgIpc) is 2.33. The van der Waals surface area contributed by atoms with E-state index < -0.39 is 8.07 Å². The Hall–Kier alpha value is -1.15. The van der Waals surface area contributed by atoms with Gasteiger partial charge >= 0.3 is 0 Å². The highest BCUT2D eigenvalue weighted by Crippen LogP contribution is 2.36. The van der Waals surface area contributed by atoms with E-state index in [4.69, 9.17) is 0 Å². The molecule has 0 saturated carbocycles. The summed E-state index contributed by atoms with van der Waals surface area (Å²) >= 11 is 0. The summed E-state index contributed by atoms with van der Waals surface area (Å²) in [6, 6.07) is 11.5. The number of rotatable bonds is 2. The highest BCUT2D eigenvalue weighted by molar-refractivity contribution is 6.85. The van der Waals surface area contributed by atoms with Gasteiger partial charge in [-0.2, -0.15) is 0 Å². The monoisotopic (exact) mass is 244 g/mol. The molecule has 0 radical (unpaired) electrons. The first kappa shape index (κ1) is 12.3. The van der Waals surface area contributed by atoms with Crippen LogP contribution in [0.15, 0.2) is 35.5 Å². The number of benzene rings is 1. The summed E-state index contributed by atoms with van der Waals surface area (Å²) in [5, 5.41) is 1.48. The summed E-state index contributed by atoms with van der Waals surface area (Å²) < 4.78 is 0. The summed E-state index contributed by atoms with van der Waals surface area (Å²) in [7, 11) is -1.34. The maximum atomic E-state index is 11.5. The zero-order valence-electron chi connectivity index (χ0n) is 10.7. The minimum Gasteiger partial charge on any atom is -0.298 e. The minimum absolute atomic E-state index is 0.974. The lowest BCUT2D eigenvalue weighted by atomic mass is 10.0. The molecule has 2 heteroatoms. The lowest BCUT2D eigenvalue weighted by Crippen LogP contribution is -2.33. The number of aldehydes is 1. The molecule has 17 heavy (non-hydrogen) atoms. The van der Waals surface area contributed by atoms with Crippen molar-refractivity contribution < 1.29 is 4.79 Å². The van der Waals surface area contributed by atoms with Crippen molar-refractivity contribution in [3.63, 3.8) is 0 Å². The molecule has 0 aromatic heterocycles. The number of allylic oxidation sites excluding steroid dienone is 2. The van der Waals surface area contributed by atoms with Crippen LogP contribution in [0.3, 0.4) is 0 Å². The first-order chi connectivity index (χ1) is 8.15. The van der Waals surface area contributed by atoms with Gasteiger partial charge in [0, 0.05) is 5.57 Å². The highest BCUT2D eigenvalue weighted by Gasteiger charge is 2.31. The van der Waals surface area contributed by atoms with E-state index >= 15 is 0 Å². The van der Waals surface area contributed by atoms with E-state index in [2.05, 4.69) is 25.2 Å². The molecule has 0 unspecified atom stereocenters. The Bertz CT molecular complexity index is 431. The maximum absolute atomic E-state index is 11.5. The molecule has 0 atom stereocenters. The lowest BCUT2D eigenvalue weighted by Gasteiger charge is -2.32. The second-order valence-electron chi connectivity index (χ2n) is 5.47. The molecule has 0 bridgehead atoms. The van der Waals surface area contributed by atoms with Crippen molar-refractivity contribution in [1.29, 1.82) is 0 Å². The van der Waals surface area contributed by atoms with Crippen LogP contribution in [0, 0.1) is 0 Å². The SMILES string of the molecule is C[Si]1(C)CCCC/C1=C(/C=O)c1ccccc1. The molecule has 0 N–H and O–H groups in total. The molecule has 1 aromatic rings. The summed E-state index contributed by atoms with van der Waals surface area (Å²) in [4.78, 5) is 11.5. The predicted octanol–water partition coefficient (Wildman–Crippen LogP) is 4.07. The Labute approximate surface area is 105 Å². The van der Waals surface area contributed by atoms with E-state index in [9.17, 15) is 4.79 Å². The molecule has 0 amide bonds. The molecule has 90 valence electrons.